The maximum atomic E-state index is 12.6. The molecule has 0 atom stereocenters. The number of hydrogen-bond acceptors (Lipinski definition) is 9. The van der Waals surface area contributed by atoms with Crippen molar-refractivity contribution in [3.8, 4) is 5.75 Å². The zero-order chi connectivity index (χ0) is 30.8. The maximum Gasteiger partial charge on any atom is 0.343 e. The SMILES string of the molecule is CS(=O)(=O)O.CS(=O)(=O)O.N=C(N)Nc1ccc(C(=O)Oc2ccc3cc(C(=N)N)ccc3c2CC(=O)O)cc1. The summed E-state index contributed by atoms with van der Waals surface area (Å²) in [5.41, 5.74) is 12.4. The highest BCUT2D eigenvalue weighted by Crippen LogP contribution is 2.30. The molecule has 15 nitrogen and oxygen atoms in total. The molecule has 0 unspecified atom stereocenters. The Morgan fingerprint density at radius 2 is 1.38 bits per heavy atom. The van der Waals surface area contributed by atoms with Crippen molar-refractivity contribution in [1.82, 2.24) is 0 Å². The average molecular weight is 598 g/mol. The third-order valence-corrected chi connectivity index (χ3v) is 4.33. The van der Waals surface area contributed by atoms with Gasteiger partial charge in [-0.3, -0.25) is 24.7 Å². The number of guanidine groups is 1. The molecule has 0 aliphatic carbocycles. The number of anilines is 1. The monoisotopic (exact) mass is 597 g/mol. The van der Waals surface area contributed by atoms with Gasteiger partial charge < -0.3 is 26.6 Å². The van der Waals surface area contributed by atoms with Crippen LogP contribution in [0.15, 0.2) is 54.6 Å². The van der Waals surface area contributed by atoms with Gasteiger partial charge in [-0.25, -0.2) is 4.79 Å². The predicted molar refractivity (Wildman–Crippen MR) is 148 cm³/mol. The first-order valence-corrected chi connectivity index (χ1v) is 14.3. The van der Waals surface area contributed by atoms with Crippen molar-refractivity contribution in [3.63, 3.8) is 0 Å². The molecule has 3 aromatic rings. The minimum Gasteiger partial charge on any atom is -0.481 e. The molecular weight excluding hydrogens is 570 g/mol. The van der Waals surface area contributed by atoms with Gasteiger partial charge in [0.15, 0.2) is 5.96 Å². The van der Waals surface area contributed by atoms with E-state index < -0.39 is 32.2 Å². The van der Waals surface area contributed by atoms with E-state index in [1.165, 1.54) is 18.2 Å². The molecule has 0 spiro atoms. The Labute approximate surface area is 229 Å². The van der Waals surface area contributed by atoms with Crippen LogP contribution in [0.5, 0.6) is 5.75 Å². The number of amidine groups is 1. The number of nitrogen functional groups attached to an aromatic ring is 1. The number of hydrogen-bond donors (Lipinski definition) is 8. The lowest BCUT2D eigenvalue weighted by Gasteiger charge is -2.13. The molecule has 0 aromatic heterocycles. The van der Waals surface area contributed by atoms with E-state index >= 15 is 0 Å². The summed E-state index contributed by atoms with van der Waals surface area (Å²) in [5, 5.41) is 28.0. The molecule has 216 valence electrons. The molecule has 0 bridgehead atoms. The Morgan fingerprint density at radius 1 is 0.875 bits per heavy atom. The van der Waals surface area contributed by atoms with Crippen molar-refractivity contribution >= 4 is 60.4 Å². The molecule has 0 amide bonds. The number of carboxylic acid groups (broad SMARTS) is 1. The van der Waals surface area contributed by atoms with Gasteiger partial charge in [-0.15, -0.1) is 0 Å². The molecule has 0 aliphatic rings. The minimum atomic E-state index is -3.67. The molecule has 3 aromatic carbocycles. The number of nitrogens with two attached hydrogens (primary N) is 2. The van der Waals surface area contributed by atoms with Gasteiger partial charge in [-0.05, 0) is 47.2 Å². The van der Waals surface area contributed by atoms with Gasteiger partial charge in [-0.2, -0.15) is 16.8 Å². The number of benzene rings is 3. The first kappa shape index (κ1) is 33.4. The molecule has 0 saturated carbocycles. The Hall–Kier alpha value is -4.58. The summed E-state index contributed by atoms with van der Waals surface area (Å²) in [6.45, 7) is 0. The van der Waals surface area contributed by atoms with Crippen LogP contribution in [0.1, 0.15) is 21.5 Å². The second-order valence-corrected chi connectivity index (χ2v) is 10.9. The fourth-order valence-electron chi connectivity index (χ4n) is 2.97. The number of ether oxygens (including phenoxy) is 1. The fraction of sp³-hybridized carbons (Fsp3) is 0.130. The van der Waals surface area contributed by atoms with Crippen molar-refractivity contribution in [2.45, 2.75) is 6.42 Å². The first-order chi connectivity index (χ1) is 18.2. The Bertz CT molecular complexity index is 1590. The third kappa shape index (κ3) is 13.3. The highest BCUT2D eigenvalue weighted by molar-refractivity contribution is 7.85. The molecule has 17 heteroatoms. The van der Waals surface area contributed by atoms with E-state index in [1.54, 1.807) is 36.4 Å². The number of carbonyl (C=O) groups excluding carboxylic acids is 1. The molecule has 3 rings (SSSR count). The van der Waals surface area contributed by atoms with Crippen LogP contribution in [-0.4, -0.2) is 67.3 Å². The van der Waals surface area contributed by atoms with Crippen LogP contribution in [0.3, 0.4) is 0 Å². The van der Waals surface area contributed by atoms with Crippen molar-refractivity contribution in [2.24, 2.45) is 11.5 Å². The van der Waals surface area contributed by atoms with E-state index in [-0.39, 0.29) is 29.5 Å². The standard InChI is InChI=1S/C21H19N5O4.2CH4O3S/c22-19(23)13-3-7-15-12(9-13)4-8-17(16(15)10-18(27)28)30-20(29)11-1-5-14(6-2-11)26-21(24)25;2*1-5(2,3)4/h1-9H,10H2,(H3,22,23)(H,27,28)(H4,24,25,26);2*1H3,(H,2,3,4). The summed E-state index contributed by atoms with van der Waals surface area (Å²) >= 11 is 0. The lowest BCUT2D eigenvalue weighted by Crippen LogP contribution is -2.20. The summed E-state index contributed by atoms with van der Waals surface area (Å²) in [5.74, 6) is -1.93. The summed E-state index contributed by atoms with van der Waals surface area (Å²) in [7, 11) is -7.33. The van der Waals surface area contributed by atoms with Crippen molar-refractivity contribution < 1.29 is 45.4 Å². The van der Waals surface area contributed by atoms with Gasteiger partial charge in [0.25, 0.3) is 20.2 Å². The lowest BCUT2D eigenvalue weighted by atomic mass is 9.99. The molecule has 0 radical (unpaired) electrons. The zero-order valence-electron chi connectivity index (χ0n) is 21.1. The van der Waals surface area contributed by atoms with Crippen LogP contribution >= 0.6 is 0 Å². The molecule has 0 saturated heterocycles. The van der Waals surface area contributed by atoms with Crippen LogP contribution in [0, 0.1) is 10.8 Å². The number of esters is 1. The second kappa shape index (κ2) is 14.0. The summed E-state index contributed by atoms with van der Waals surface area (Å²) in [6, 6.07) is 14.3. The average Bonchev–Trinajstić information content (AvgIpc) is 2.77. The third-order valence-electron chi connectivity index (χ3n) is 4.33. The topological polar surface area (TPSA) is 284 Å². The van der Waals surface area contributed by atoms with E-state index in [0.717, 1.165) is 0 Å². The number of aliphatic carboxylic acids is 1. The first-order valence-electron chi connectivity index (χ1n) is 10.6. The van der Waals surface area contributed by atoms with Crippen LogP contribution in [0.2, 0.25) is 0 Å². The fourth-order valence-corrected chi connectivity index (χ4v) is 2.97. The number of fused-ring (bicyclic) bond motifs is 1. The molecule has 10 N–H and O–H groups in total. The summed E-state index contributed by atoms with van der Waals surface area (Å²) in [6.07, 6.45) is 1.08. The van der Waals surface area contributed by atoms with Crippen molar-refractivity contribution in [2.75, 3.05) is 17.8 Å². The van der Waals surface area contributed by atoms with Crippen molar-refractivity contribution in [1.29, 1.82) is 10.8 Å². The molecular formula is C23H27N5O10S2. The number of rotatable bonds is 6. The molecule has 40 heavy (non-hydrogen) atoms. The summed E-state index contributed by atoms with van der Waals surface area (Å²) in [4.78, 5) is 24.0. The van der Waals surface area contributed by atoms with Gasteiger partial charge in [0.2, 0.25) is 0 Å². The van der Waals surface area contributed by atoms with Gasteiger partial charge >= 0.3 is 11.9 Å². The summed E-state index contributed by atoms with van der Waals surface area (Å²) < 4.78 is 57.2. The normalized spacial score (nSPS) is 10.7. The van der Waals surface area contributed by atoms with Crippen LogP contribution in [-0.2, 0) is 31.5 Å². The van der Waals surface area contributed by atoms with E-state index in [0.29, 0.717) is 40.1 Å². The molecule has 0 heterocycles. The maximum absolute atomic E-state index is 12.6. The van der Waals surface area contributed by atoms with E-state index in [4.69, 9.17) is 36.1 Å². The molecule has 0 fully saturated rings. The second-order valence-electron chi connectivity index (χ2n) is 7.93. The van der Waals surface area contributed by atoms with Gasteiger partial charge in [0.1, 0.15) is 11.6 Å². The number of nitrogens with one attached hydrogen (secondary N) is 3. The smallest absolute Gasteiger partial charge is 0.343 e. The van der Waals surface area contributed by atoms with Crippen LogP contribution in [0.25, 0.3) is 10.8 Å². The van der Waals surface area contributed by atoms with E-state index in [1.807, 2.05) is 0 Å². The van der Waals surface area contributed by atoms with Crippen molar-refractivity contribution in [3.05, 3.63) is 71.3 Å². The Balaban J connectivity index is 0.000000686. The van der Waals surface area contributed by atoms with E-state index in [2.05, 4.69) is 5.32 Å². The Morgan fingerprint density at radius 3 is 1.82 bits per heavy atom. The largest absolute Gasteiger partial charge is 0.481 e. The van der Waals surface area contributed by atoms with Gasteiger partial charge in [0.05, 0.1) is 24.5 Å². The lowest BCUT2D eigenvalue weighted by molar-refractivity contribution is -0.136. The predicted octanol–water partition coefficient (Wildman–Crippen LogP) is 1.28. The quantitative estimate of drug-likeness (QED) is 0.0654. The number of carbonyl (C=O) groups is 2. The zero-order valence-corrected chi connectivity index (χ0v) is 22.7. The highest BCUT2D eigenvalue weighted by atomic mass is 32.2. The molecule has 0 aliphatic heterocycles. The van der Waals surface area contributed by atoms with Crippen LogP contribution in [0.4, 0.5) is 5.69 Å². The van der Waals surface area contributed by atoms with Crippen LogP contribution < -0.4 is 21.5 Å². The number of carboxylic acids is 1. The van der Waals surface area contributed by atoms with E-state index in [9.17, 15) is 31.5 Å². The van der Waals surface area contributed by atoms with Gasteiger partial charge in [0, 0.05) is 16.8 Å². The van der Waals surface area contributed by atoms with Gasteiger partial charge in [-0.1, -0.05) is 18.2 Å². The highest BCUT2D eigenvalue weighted by Gasteiger charge is 2.17. The minimum absolute atomic E-state index is 0.102. The Kier molecular flexibility index (Phi) is 11.7.